The summed E-state index contributed by atoms with van der Waals surface area (Å²) in [6, 6.07) is 7.89. The van der Waals surface area contributed by atoms with Gasteiger partial charge in [-0.25, -0.2) is 4.99 Å². The van der Waals surface area contributed by atoms with E-state index in [-0.39, 0.29) is 0 Å². The molecule has 0 aliphatic carbocycles. The normalized spacial score (nSPS) is 11.3. The standard InChI is InChI=1S/C21H32N6O2/c1-5-13-29-19-11-8-7-10-18(19)15-23-21(22-12-9-14-28-6-2)24-16-20-26-25-17(3)27(20)4/h5,7-8,10-11H,1,6,9,12-16H2,2-4H3,(H2,22,23,24). The Balaban J connectivity index is 2.02. The zero-order valence-corrected chi connectivity index (χ0v) is 17.6. The van der Waals surface area contributed by atoms with Gasteiger partial charge in [0.2, 0.25) is 0 Å². The van der Waals surface area contributed by atoms with Gasteiger partial charge >= 0.3 is 0 Å². The van der Waals surface area contributed by atoms with Gasteiger partial charge in [0.1, 0.15) is 18.2 Å². The van der Waals surface area contributed by atoms with Crippen LogP contribution in [0.15, 0.2) is 41.9 Å². The lowest BCUT2D eigenvalue weighted by Crippen LogP contribution is -2.38. The molecular weight excluding hydrogens is 368 g/mol. The number of nitrogens with one attached hydrogen (secondary N) is 2. The number of aryl methyl sites for hydroxylation is 1. The zero-order valence-electron chi connectivity index (χ0n) is 17.6. The monoisotopic (exact) mass is 400 g/mol. The molecule has 0 aliphatic heterocycles. The third-order valence-corrected chi connectivity index (χ3v) is 4.30. The number of nitrogens with zero attached hydrogens (tertiary/aromatic N) is 4. The number of hydrogen-bond acceptors (Lipinski definition) is 5. The summed E-state index contributed by atoms with van der Waals surface area (Å²) < 4.78 is 13.1. The molecule has 2 N–H and O–H groups in total. The molecule has 158 valence electrons. The first-order valence-corrected chi connectivity index (χ1v) is 9.92. The molecule has 8 heteroatoms. The van der Waals surface area contributed by atoms with Crippen molar-refractivity contribution in [2.24, 2.45) is 12.0 Å². The van der Waals surface area contributed by atoms with E-state index >= 15 is 0 Å². The van der Waals surface area contributed by atoms with Gasteiger partial charge in [-0.15, -0.1) is 10.2 Å². The Morgan fingerprint density at radius 2 is 2.10 bits per heavy atom. The highest BCUT2D eigenvalue weighted by molar-refractivity contribution is 5.79. The van der Waals surface area contributed by atoms with Crippen LogP contribution in [0, 0.1) is 6.92 Å². The minimum atomic E-state index is 0.465. The van der Waals surface area contributed by atoms with Crippen LogP contribution in [0.25, 0.3) is 0 Å². The second kappa shape index (κ2) is 12.6. The molecule has 0 saturated carbocycles. The number of para-hydroxylation sites is 1. The van der Waals surface area contributed by atoms with Crippen LogP contribution in [0.1, 0.15) is 30.6 Å². The maximum absolute atomic E-state index is 5.73. The minimum absolute atomic E-state index is 0.465. The van der Waals surface area contributed by atoms with Crippen molar-refractivity contribution >= 4 is 5.96 Å². The smallest absolute Gasteiger partial charge is 0.191 e. The summed E-state index contributed by atoms with van der Waals surface area (Å²) in [5.74, 6) is 3.25. The van der Waals surface area contributed by atoms with Crippen LogP contribution in [-0.4, -0.2) is 47.1 Å². The van der Waals surface area contributed by atoms with Gasteiger partial charge in [-0.05, 0) is 26.3 Å². The fourth-order valence-corrected chi connectivity index (χ4v) is 2.56. The second-order valence-electron chi connectivity index (χ2n) is 6.43. The lowest BCUT2D eigenvalue weighted by atomic mass is 10.2. The highest BCUT2D eigenvalue weighted by Gasteiger charge is 2.07. The van der Waals surface area contributed by atoms with Gasteiger partial charge in [-0.3, -0.25) is 0 Å². The summed E-state index contributed by atoms with van der Waals surface area (Å²) in [6.45, 7) is 11.3. The molecule has 0 bridgehead atoms. The highest BCUT2D eigenvalue weighted by Crippen LogP contribution is 2.18. The lowest BCUT2D eigenvalue weighted by Gasteiger charge is -2.13. The van der Waals surface area contributed by atoms with E-state index in [0.29, 0.717) is 25.7 Å². The first-order valence-electron chi connectivity index (χ1n) is 9.92. The Morgan fingerprint density at radius 3 is 2.83 bits per heavy atom. The Kier molecular flexibility index (Phi) is 9.71. The van der Waals surface area contributed by atoms with E-state index < -0.39 is 0 Å². The molecule has 8 nitrogen and oxygen atoms in total. The van der Waals surface area contributed by atoms with E-state index in [0.717, 1.165) is 49.1 Å². The van der Waals surface area contributed by atoms with Crippen molar-refractivity contribution in [3.05, 3.63) is 54.1 Å². The third-order valence-electron chi connectivity index (χ3n) is 4.30. The Bertz CT molecular complexity index is 787. The van der Waals surface area contributed by atoms with Crippen LogP contribution >= 0.6 is 0 Å². The Hall–Kier alpha value is -2.87. The SMILES string of the molecule is C=CCOc1ccccc1CN=C(NCCCOCC)NCc1nnc(C)n1C. The topological polar surface area (TPSA) is 85.6 Å². The molecule has 0 atom stereocenters. The van der Waals surface area contributed by atoms with Crippen molar-refractivity contribution in [3.8, 4) is 5.75 Å². The third kappa shape index (κ3) is 7.57. The van der Waals surface area contributed by atoms with E-state index in [1.54, 1.807) is 6.08 Å². The van der Waals surface area contributed by atoms with Crippen LogP contribution in [0.4, 0.5) is 0 Å². The van der Waals surface area contributed by atoms with Gasteiger partial charge in [0.25, 0.3) is 0 Å². The maximum atomic E-state index is 5.73. The van der Waals surface area contributed by atoms with Gasteiger partial charge in [0, 0.05) is 32.4 Å². The molecular formula is C21H32N6O2. The van der Waals surface area contributed by atoms with Crippen LogP contribution in [0.5, 0.6) is 5.75 Å². The van der Waals surface area contributed by atoms with Crippen LogP contribution in [0.2, 0.25) is 0 Å². The van der Waals surface area contributed by atoms with Crippen molar-refractivity contribution in [1.82, 2.24) is 25.4 Å². The molecule has 0 radical (unpaired) electrons. The number of hydrogen-bond donors (Lipinski definition) is 2. The number of rotatable bonds is 12. The first-order chi connectivity index (χ1) is 14.2. The summed E-state index contributed by atoms with van der Waals surface area (Å²) in [6.07, 6.45) is 2.63. The molecule has 1 aromatic heterocycles. The number of aliphatic imine (C=N–C) groups is 1. The quantitative estimate of drug-likeness (QED) is 0.246. The molecule has 0 spiro atoms. The van der Waals surface area contributed by atoms with Crippen molar-refractivity contribution in [2.45, 2.75) is 33.4 Å². The fraction of sp³-hybridized carbons (Fsp3) is 0.476. The molecule has 0 unspecified atom stereocenters. The largest absolute Gasteiger partial charge is 0.489 e. The Labute approximate surface area is 173 Å². The number of aromatic nitrogens is 3. The van der Waals surface area contributed by atoms with Crippen LogP contribution in [0.3, 0.4) is 0 Å². The average Bonchev–Trinajstić information content (AvgIpc) is 3.06. The fourth-order valence-electron chi connectivity index (χ4n) is 2.56. The molecule has 29 heavy (non-hydrogen) atoms. The maximum Gasteiger partial charge on any atom is 0.191 e. The molecule has 1 aromatic carbocycles. The highest BCUT2D eigenvalue weighted by atomic mass is 16.5. The van der Waals surface area contributed by atoms with Gasteiger partial charge in [-0.1, -0.05) is 30.9 Å². The summed E-state index contributed by atoms with van der Waals surface area (Å²) in [7, 11) is 1.95. The lowest BCUT2D eigenvalue weighted by molar-refractivity contribution is 0.145. The van der Waals surface area contributed by atoms with Crippen molar-refractivity contribution in [3.63, 3.8) is 0 Å². The molecule has 0 amide bonds. The van der Waals surface area contributed by atoms with Crippen molar-refractivity contribution in [1.29, 1.82) is 0 Å². The molecule has 2 aromatic rings. The van der Waals surface area contributed by atoms with Gasteiger partial charge in [0.15, 0.2) is 11.8 Å². The van der Waals surface area contributed by atoms with Crippen molar-refractivity contribution in [2.75, 3.05) is 26.4 Å². The average molecular weight is 401 g/mol. The molecule has 0 saturated heterocycles. The van der Waals surface area contributed by atoms with E-state index in [1.807, 2.05) is 49.7 Å². The summed E-state index contributed by atoms with van der Waals surface area (Å²) in [5.41, 5.74) is 1.01. The first kappa shape index (κ1) is 22.4. The van der Waals surface area contributed by atoms with Gasteiger partial charge in [-0.2, -0.15) is 0 Å². The number of guanidine groups is 1. The summed E-state index contributed by atoms with van der Waals surface area (Å²) >= 11 is 0. The predicted molar refractivity (Wildman–Crippen MR) is 115 cm³/mol. The van der Waals surface area contributed by atoms with E-state index in [1.165, 1.54) is 0 Å². The van der Waals surface area contributed by atoms with Gasteiger partial charge < -0.3 is 24.7 Å². The number of benzene rings is 1. The molecule has 0 aliphatic rings. The minimum Gasteiger partial charge on any atom is -0.489 e. The summed E-state index contributed by atoms with van der Waals surface area (Å²) in [5, 5.41) is 15.0. The molecule has 0 fully saturated rings. The Morgan fingerprint density at radius 1 is 1.28 bits per heavy atom. The van der Waals surface area contributed by atoms with Crippen LogP contribution < -0.4 is 15.4 Å². The molecule has 2 rings (SSSR count). The van der Waals surface area contributed by atoms with E-state index in [9.17, 15) is 0 Å². The van der Waals surface area contributed by atoms with E-state index in [2.05, 4.69) is 27.4 Å². The van der Waals surface area contributed by atoms with Crippen molar-refractivity contribution < 1.29 is 9.47 Å². The van der Waals surface area contributed by atoms with Gasteiger partial charge in [0.05, 0.1) is 13.1 Å². The molecule has 1 heterocycles. The second-order valence-corrected chi connectivity index (χ2v) is 6.43. The zero-order chi connectivity index (χ0) is 20.9. The predicted octanol–water partition coefficient (Wildman–Crippen LogP) is 2.35. The van der Waals surface area contributed by atoms with E-state index in [4.69, 9.17) is 14.5 Å². The van der Waals surface area contributed by atoms with Crippen LogP contribution in [-0.2, 0) is 24.9 Å². The summed E-state index contributed by atoms with van der Waals surface area (Å²) in [4.78, 5) is 4.72. The number of ether oxygens (including phenoxy) is 2.